The minimum atomic E-state index is -4.28. The number of amides is 4. The van der Waals surface area contributed by atoms with Crippen LogP contribution in [0, 0.1) is 0 Å². The summed E-state index contributed by atoms with van der Waals surface area (Å²) < 4.78 is 36.3. The normalized spacial score (nSPS) is 16.7. The summed E-state index contributed by atoms with van der Waals surface area (Å²) in [7, 11) is -2.93. The van der Waals surface area contributed by atoms with Crippen molar-refractivity contribution in [2.45, 2.75) is 24.7 Å². The van der Waals surface area contributed by atoms with Gasteiger partial charge in [0.2, 0.25) is 11.8 Å². The third kappa shape index (κ3) is 6.17. The number of imide groups is 1. The lowest BCUT2D eigenvalue weighted by Crippen LogP contribution is -2.40. The second-order valence-corrected chi connectivity index (χ2v) is 11.0. The molecular weight excluding hydrogens is 534 g/mol. The Balaban J connectivity index is 1.53. The standard InChI is InChI=1S/C25H25N3O8S2/c1-16(29)26-18-6-8-19(9-7-18)38(33,34)36-21-13-17(5-10-20(21)35-2)14-22-24(31)28(25(32)37-22)15-23(30)27-11-3-4-12-27/h5-10,13-14H,3-4,11-12,15H2,1-2H3,(H,26,29)/b22-14-. The van der Waals surface area contributed by atoms with Crippen molar-refractivity contribution in [2.75, 3.05) is 32.1 Å². The van der Waals surface area contributed by atoms with Gasteiger partial charge in [0.25, 0.3) is 11.1 Å². The lowest BCUT2D eigenvalue weighted by Gasteiger charge is -2.18. The molecule has 0 unspecified atom stereocenters. The van der Waals surface area contributed by atoms with Gasteiger partial charge in [-0.1, -0.05) is 6.07 Å². The van der Waals surface area contributed by atoms with Gasteiger partial charge in [-0.25, -0.2) is 0 Å². The quantitative estimate of drug-likeness (QED) is 0.382. The van der Waals surface area contributed by atoms with Crippen LogP contribution in [0.4, 0.5) is 10.5 Å². The van der Waals surface area contributed by atoms with Gasteiger partial charge in [-0.2, -0.15) is 8.42 Å². The Hall–Kier alpha value is -3.84. The fraction of sp³-hybridized carbons (Fsp3) is 0.280. The van der Waals surface area contributed by atoms with Crippen molar-refractivity contribution in [1.82, 2.24) is 9.80 Å². The fourth-order valence-corrected chi connectivity index (χ4v) is 5.68. The second kappa shape index (κ2) is 11.3. The van der Waals surface area contributed by atoms with E-state index >= 15 is 0 Å². The van der Waals surface area contributed by atoms with E-state index in [2.05, 4.69) is 5.32 Å². The van der Waals surface area contributed by atoms with Gasteiger partial charge in [-0.3, -0.25) is 24.1 Å². The maximum absolute atomic E-state index is 12.9. The molecule has 38 heavy (non-hydrogen) atoms. The summed E-state index contributed by atoms with van der Waals surface area (Å²) in [5, 5.41) is 2.00. The third-order valence-electron chi connectivity index (χ3n) is 5.77. The minimum Gasteiger partial charge on any atom is -0.493 e. The summed E-state index contributed by atoms with van der Waals surface area (Å²) in [6.45, 7) is 2.24. The molecule has 2 saturated heterocycles. The number of likely N-dealkylation sites (tertiary alicyclic amines) is 1. The van der Waals surface area contributed by atoms with Gasteiger partial charge in [0.1, 0.15) is 11.4 Å². The Morgan fingerprint density at radius 3 is 2.37 bits per heavy atom. The van der Waals surface area contributed by atoms with E-state index in [4.69, 9.17) is 8.92 Å². The van der Waals surface area contributed by atoms with E-state index in [0.717, 1.165) is 17.7 Å². The van der Waals surface area contributed by atoms with E-state index in [-0.39, 0.29) is 39.7 Å². The highest BCUT2D eigenvalue weighted by Crippen LogP contribution is 2.35. The smallest absolute Gasteiger partial charge is 0.339 e. The summed E-state index contributed by atoms with van der Waals surface area (Å²) in [5.41, 5.74) is 0.806. The van der Waals surface area contributed by atoms with Gasteiger partial charge in [0.05, 0.1) is 12.0 Å². The Bertz CT molecular complexity index is 1410. The molecule has 0 aromatic heterocycles. The Kier molecular flexibility index (Phi) is 8.07. The molecule has 13 heteroatoms. The molecule has 2 aromatic rings. The highest BCUT2D eigenvalue weighted by molar-refractivity contribution is 8.18. The molecular formula is C25H25N3O8S2. The minimum absolute atomic E-state index is 0.0942. The Morgan fingerprint density at radius 2 is 1.74 bits per heavy atom. The van der Waals surface area contributed by atoms with Crippen molar-refractivity contribution >= 4 is 56.6 Å². The average Bonchev–Trinajstić information content (AvgIpc) is 3.49. The van der Waals surface area contributed by atoms with Crippen LogP contribution in [-0.2, 0) is 24.5 Å². The second-order valence-electron chi connectivity index (χ2n) is 8.51. The maximum Gasteiger partial charge on any atom is 0.339 e. The third-order valence-corrected chi connectivity index (χ3v) is 7.93. The largest absolute Gasteiger partial charge is 0.493 e. The van der Waals surface area contributed by atoms with Gasteiger partial charge < -0.3 is 19.1 Å². The van der Waals surface area contributed by atoms with E-state index in [1.54, 1.807) is 11.0 Å². The van der Waals surface area contributed by atoms with Gasteiger partial charge in [-0.05, 0) is 72.6 Å². The number of nitrogens with zero attached hydrogens (tertiary/aromatic N) is 2. The summed E-state index contributed by atoms with van der Waals surface area (Å²) in [4.78, 5) is 51.4. The van der Waals surface area contributed by atoms with Crippen molar-refractivity contribution in [2.24, 2.45) is 0 Å². The fourth-order valence-electron chi connectivity index (χ4n) is 3.91. The lowest BCUT2D eigenvalue weighted by molar-refractivity contribution is -0.135. The van der Waals surface area contributed by atoms with Crippen LogP contribution in [0.5, 0.6) is 11.5 Å². The summed E-state index contributed by atoms with van der Waals surface area (Å²) in [6, 6.07) is 9.84. The number of carbonyl (C=O) groups excluding carboxylic acids is 4. The molecule has 0 radical (unpaired) electrons. The van der Waals surface area contributed by atoms with E-state index in [9.17, 15) is 27.6 Å². The molecule has 2 heterocycles. The first-order chi connectivity index (χ1) is 18.1. The number of anilines is 1. The molecule has 0 atom stereocenters. The molecule has 0 spiro atoms. The van der Waals surface area contributed by atoms with Crippen LogP contribution in [0.2, 0.25) is 0 Å². The molecule has 4 rings (SSSR count). The molecule has 200 valence electrons. The maximum atomic E-state index is 12.9. The van der Waals surface area contributed by atoms with Crippen molar-refractivity contribution in [3.05, 3.63) is 52.9 Å². The van der Waals surface area contributed by atoms with Gasteiger partial charge in [-0.15, -0.1) is 0 Å². The van der Waals surface area contributed by atoms with Crippen LogP contribution in [0.3, 0.4) is 0 Å². The van der Waals surface area contributed by atoms with E-state index < -0.39 is 21.3 Å². The number of carbonyl (C=O) groups is 4. The number of hydrogen-bond donors (Lipinski definition) is 1. The first-order valence-corrected chi connectivity index (χ1v) is 13.8. The Morgan fingerprint density at radius 1 is 1.05 bits per heavy atom. The summed E-state index contributed by atoms with van der Waals surface area (Å²) in [6.07, 6.45) is 3.22. The van der Waals surface area contributed by atoms with Crippen LogP contribution in [-0.4, -0.2) is 67.9 Å². The van der Waals surface area contributed by atoms with E-state index in [1.165, 1.54) is 56.5 Å². The number of rotatable bonds is 8. The topological polar surface area (TPSA) is 139 Å². The van der Waals surface area contributed by atoms with Crippen LogP contribution in [0.25, 0.3) is 6.08 Å². The zero-order valence-electron chi connectivity index (χ0n) is 20.6. The molecule has 0 aliphatic carbocycles. The Labute approximate surface area is 223 Å². The molecule has 2 aromatic carbocycles. The highest BCUT2D eigenvalue weighted by atomic mass is 32.2. The lowest BCUT2D eigenvalue weighted by atomic mass is 10.2. The molecule has 2 fully saturated rings. The number of methoxy groups -OCH3 is 1. The van der Waals surface area contributed by atoms with Crippen LogP contribution < -0.4 is 14.2 Å². The zero-order chi connectivity index (χ0) is 27.4. The monoisotopic (exact) mass is 559 g/mol. The summed E-state index contributed by atoms with van der Waals surface area (Å²) >= 11 is 0.700. The number of nitrogens with one attached hydrogen (secondary N) is 1. The van der Waals surface area contributed by atoms with E-state index in [1.807, 2.05) is 0 Å². The zero-order valence-corrected chi connectivity index (χ0v) is 22.3. The average molecular weight is 560 g/mol. The van der Waals surface area contributed by atoms with Gasteiger partial charge in [0, 0.05) is 25.7 Å². The number of hydrogen-bond acceptors (Lipinski definition) is 9. The van der Waals surface area contributed by atoms with Crippen LogP contribution in [0.15, 0.2) is 52.3 Å². The number of thioether (sulfide) groups is 1. The summed E-state index contributed by atoms with van der Waals surface area (Å²) in [5.74, 6) is -1.17. The van der Waals surface area contributed by atoms with Crippen LogP contribution in [0.1, 0.15) is 25.3 Å². The molecule has 1 N–H and O–H groups in total. The molecule has 2 aliphatic rings. The van der Waals surface area contributed by atoms with Gasteiger partial charge >= 0.3 is 10.1 Å². The first kappa shape index (κ1) is 27.2. The number of ether oxygens (including phenoxy) is 1. The molecule has 0 bridgehead atoms. The molecule has 4 amide bonds. The highest BCUT2D eigenvalue weighted by Gasteiger charge is 2.37. The predicted octanol–water partition coefficient (Wildman–Crippen LogP) is 3.08. The molecule has 2 aliphatic heterocycles. The predicted molar refractivity (Wildman–Crippen MR) is 140 cm³/mol. The van der Waals surface area contributed by atoms with Crippen molar-refractivity contribution < 1.29 is 36.5 Å². The number of benzene rings is 2. The van der Waals surface area contributed by atoms with Crippen molar-refractivity contribution in [3.63, 3.8) is 0 Å². The van der Waals surface area contributed by atoms with Crippen molar-refractivity contribution in [3.8, 4) is 11.5 Å². The van der Waals surface area contributed by atoms with Crippen molar-refractivity contribution in [1.29, 1.82) is 0 Å². The SMILES string of the molecule is COc1ccc(/C=C2\SC(=O)N(CC(=O)N3CCCC3)C2=O)cc1OS(=O)(=O)c1ccc(NC(C)=O)cc1. The van der Waals surface area contributed by atoms with Gasteiger partial charge in [0.15, 0.2) is 11.5 Å². The first-order valence-electron chi connectivity index (χ1n) is 11.6. The van der Waals surface area contributed by atoms with E-state index in [0.29, 0.717) is 36.1 Å². The molecule has 11 nitrogen and oxygen atoms in total. The molecule has 0 saturated carbocycles. The van der Waals surface area contributed by atoms with Crippen LogP contribution >= 0.6 is 11.8 Å².